The van der Waals surface area contributed by atoms with Crippen LogP contribution in [-0.4, -0.2) is 42.6 Å². The quantitative estimate of drug-likeness (QED) is 0.313. The summed E-state index contributed by atoms with van der Waals surface area (Å²) in [5.41, 5.74) is 3.92. The SMILES string of the molecule is O=C(NCc1cc[nH]n1)OC1CCc2c(sc3ncnc(Nc4ccc5[nH]ncc5c4)c23)C1. The third-order valence-electron chi connectivity index (χ3n) is 5.75. The number of hydrogen-bond acceptors (Lipinski definition) is 8. The third kappa shape index (κ3) is 3.87. The van der Waals surface area contributed by atoms with E-state index >= 15 is 0 Å². The van der Waals surface area contributed by atoms with Gasteiger partial charge in [0, 0.05) is 28.6 Å². The van der Waals surface area contributed by atoms with Crippen LogP contribution in [0.25, 0.3) is 21.1 Å². The second-order valence-corrected chi connectivity index (χ2v) is 8.98. The van der Waals surface area contributed by atoms with Crippen molar-refractivity contribution >= 4 is 50.1 Å². The minimum atomic E-state index is -0.427. The van der Waals surface area contributed by atoms with Gasteiger partial charge in [0.1, 0.15) is 23.1 Å². The Balaban J connectivity index is 1.19. The number of aromatic nitrogens is 6. The summed E-state index contributed by atoms with van der Waals surface area (Å²) in [6.45, 7) is 0.332. The zero-order valence-corrected chi connectivity index (χ0v) is 18.3. The highest BCUT2D eigenvalue weighted by molar-refractivity contribution is 7.19. The first kappa shape index (κ1) is 19.7. The highest BCUT2D eigenvalue weighted by Gasteiger charge is 2.27. The first-order valence-electron chi connectivity index (χ1n) is 10.6. The molecule has 1 amide bonds. The number of H-pyrrole nitrogens is 2. The summed E-state index contributed by atoms with van der Waals surface area (Å²) in [5, 5.41) is 22.1. The summed E-state index contributed by atoms with van der Waals surface area (Å²) < 4.78 is 5.66. The lowest BCUT2D eigenvalue weighted by atomic mass is 9.94. The van der Waals surface area contributed by atoms with Crippen molar-refractivity contribution in [2.75, 3.05) is 5.32 Å². The maximum Gasteiger partial charge on any atom is 0.407 e. The van der Waals surface area contributed by atoms with Gasteiger partial charge in [0.2, 0.25) is 0 Å². The molecule has 11 heteroatoms. The number of aryl methyl sites for hydroxylation is 1. The van der Waals surface area contributed by atoms with E-state index in [2.05, 4.69) is 41.0 Å². The molecule has 4 N–H and O–H groups in total. The summed E-state index contributed by atoms with van der Waals surface area (Å²) in [5.74, 6) is 0.788. The van der Waals surface area contributed by atoms with Crippen LogP contribution in [0.1, 0.15) is 22.6 Å². The number of nitrogens with one attached hydrogen (secondary N) is 4. The first-order chi connectivity index (χ1) is 16.2. The lowest BCUT2D eigenvalue weighted by molar-refractivity contribution is 0.0898. The van der Waals surface area contributed by atoms with Crippen LogP contribution >= 0.6 is 11.3 Å². The van der Waals surface area contributed by atoms with E-state index in [4.69, 9.17) is 4.74 Å². The molecule has 4 aromatic heterocycles. The molecule has 4 heterocycles. The number of nitrogens with zero attached hydrogens (tertiary/aromatic N) is 4. The van der Waals surface area contributed by atoms with Crippen LogP contribution in [0, 0.1) is 0 Å². The Bertz CT molecular complexity index is 1440. The minimum absolute atomic E-state index is 0.169. The number of rotatable bonds is 5. The van der Waals surface area contributed by atoms with Crippen LogP contribution < -0.4 is 10.6 Å². The molecule has 1 aromatic carbocycles. The number of hydrogen-bond donors (Lipinski definition) is 4. The monoisotopic (exact) mass is 460 g/mol. The molecule has 1 unspecified atom stereocenters. The van der Waals surface area contributed by atoms with E-state index in [1.807, 2.05) is 24.3 Å². The smallest absolute Gasteiger partial charge is 0.407 e. The van der Waals surface area contributed by atoms with Gasteiger partial charge in [-0.1, -0.05) is 0 Å². The van der Waals surface area contributed by atoms with Crippen molar-refractivity contribution in [3.05, 3.63) is 59.1 Å². The Labute approximate surface area is 191 Å². The van der Waals surface area contributed by atoms with Gasteiger partial charge in [0.25, 0.3) is 0 Å². The minimum Gasteiger partial charge on any atom is -0.446 e. The molecule has 10 nitrogen and oxygen atoms in total. The average molecular weight is 461 g/mol. The second-order valence-electron chi connectivity index (χ2n) is 7.89. The van der Waals surface area contributed by atoms with Crippen LogP contribution in [0.4, 0.5) is 16.3 Å². The van der Waals surface area contributed by atoms with E-state index in [9.17, 15) is 4.79 Å². The Kier molecular flexibility index (Phi) is 4.87. The Morgan fingerprint density at radius 2 is 2.24 bits per heavy atom. The normalized spacial score (nSPS) is 15.5. The zero-order chi connectivity index (χ0) is 22.2. The standard InChI is InChI=1S/C22H20N8O2S/c31-22(23-10-14-5-6-26-29-14)32-15-2-3-16-18(8-15)33-21-19(16)20(24-11-25-21)28-13-1-4-17-12(7-13)9-27-30-17/h1,4-7,9,11,15H,2-3,8,10H2,(H,23,31)(H,26,29)(H,27,30)(H,24,25,28). The fourth-order valence-electron chi connectivity index (χ4n) is 4.18. The topological polar surface area (TPSA) is 134 Å². The highest BCUT2D eigenvalue weighted by atomic mass is 32.1. The molecule has 1 atom stereocenters. The molecule has 0 saturated heterocycles. The van der Waals surface area contributed by atoms with Gasteiger partial charge in [-0.15, -0.1) is 11.3 Å². The van der Waals surface area contributed by atoms with Crippen molar-refractivity contribution in [3.8, 4) is 0 Å². The number of alkyl carbamates (subject to hydrolysis) is 1. The molecule has 33 heavy (non-hydrogen) atoms. The molecule has 0 saturated carbocycles. The molecule has 0 spiro atoms. The van der Waals surface area contributed by atoms with Crippen molar-refractivity contribution < 1.29 is 9.53 Å². The number of ether oxygens (including phenoxy) is 1. The maximum atomic E-state index is 12.2. The molecular weight excluding hydrogens is 440 g/mol. The van der Waals surface area contributed by atoms with Crippen molar-refractivity contribution in [1.29, 1.82) is 0 Å². The number of fused-ring (bicyclic) bond motifs is 4. The van der Waals surface area contributed by atoms with Gasteiger partial charge in [-0.05, 0) is 42.7 Å². The number of aromatic amines is 2. The lowest BCUT2D eigenvalue weighted by Crippen LogP contribution is -2.31. The summed E-state index contributed by atoms with van der Waals surface area (Å²) in [6.07, 6.45) is 6.73. The summed E-state index contributed by atoms with van der Waals surface area (Å²) in [4.78, 5) is 23.4. The molecule has 0 bridgehead atoms. The van der Waals surface area contributed by atoms with Crippen LogP contribution in [-0.2, 0) is 24.1 Å². The van der Waals surface area contributed by atoms with E-state index in [0.29, 0.717) is 13.0 Å². The Morgan fingerprint density at radius 3 is 3.15 bits per heavy atom. The zero-order valence-electron chi connectivity index (χ0n) is 17.5. The number of carbonyl (C=O) groups excluding carboxylic acids is 1. The number of benzene rings is 1. The molecule has 1 aliphatic rings. The molecule has 5 aromatic rings. The van der Waals surface area contributed by atoms with E-state index < -0.39 is 6.09 Å². The second kappa shape index (κ2) is 8.17. The van der Waals surface area contributed by atoms with Crippen LogP contribution in [0.15, 0.2) is 43.0 Å². The Morgan fingerprint density at radius 1 is 1.27 bits per heavy atom. The van der Waals surface area contributed by atoms with Crippen LogP contribution in [0.3, 0.4) is 0 Å². The molecule has 166 valence electrons. The summed E-state index contributed by atoms with van der Waals surface area (Å²) >= 11 is 1.64. The van der Waals surface area contributed by atoms with Gasteiger partial charge in [0.05, 0.1) is 29.3 Å². The summed E-state index contributed by atoms with van der Waals surface area (Å²) in [7, 11) is 0. The summed E-state index contributed by atoms with van der Waals surface area (Å²) in [6, 6.07) is 7.84. The van der Waals surface area contributed by atoms with Crippen molar-refractivity contribution in [3.63, 3.8) is 0 Å². The third-order valence-corrected chi connectivity index (χ3v) is 6.91. The molecule has 6 rings (SSSR count). The van der Waals surface area contributed by atoms with Gasteiger partial charge in [-0.2, -0.15) is 10.2 Å². The van der Waals surface area contributed by atoms with Gasteiger partial charge in [0.15, 0.2) is 0 Å². The van der Waals surface area contributed by atoms with Gasteiger partial charge in [-0.25, -0.2) is 14.8 Å². The van der Waals surface area contributed by atoms with Crippen LogP contribution in [0.5, 0.6) is 0 Å². The molecule has 0 radical (unpaired) electrons. The van der Waals surface area contributed by atoms with Gasteiger partial charge in [-0.3, -0.25) is 10.2 Å². The number of amides is 1. The largest absolute Gasteiger partial charge is 0.446 e. The average Bonchev–Trinajstić information content (AvgIpc) is 3.56. The number of anilines is 2. The molecular formula is C22H20N8O2S. The fourth-order valence-corrected chi connectivity index (χ4v) is 5.43. The van der Waals surface area contributed by atoms with Crippen molar-refractivity contribution in [2.24, 2.45) is 0 Å². The predicted octanol–water partition coefficient (Wildman–Crippen LogP) is 3.82. The number of carbonyl (C=O) groups is 1. The highest BCUT2D eigenvalue weighted by Crippen LogP contribution is 2.39. The lowest BCUT2D eigenvalue weighted by Gasteiger charge is -2.22. The maximum absolute atomic E-state index is 12.2. The predicted molar refractivity (Wildman–Crippen MR) is 125 cm³/mol. The van der Waals surface area contributed by atoms with E-state index in [-0.39, 0.29) is 6.10 Å². The van der Waals surface area contributed by atoms with E-state index in [0.717, 1.165) is 51.2 Å². The van der Waals surface area contributed by atoms with Crippen molar-refractivity contribution in [2.45, 2.75) is 31.9 Å². The molecule has 0 fully saturated rings. The van der Waals surface area contributed by atoms with Crippen LogP contribution in [0.2, 0.25) is 0 Å². The fraction of sp³-hybridized carbons (Fsp3) is 0.227. The van der Waals surface area contributed by atoms with Gasteiger partial charge < -0.3 is 15.4 Å². The molecule has 0 aliphatic heterocycles. The van der Waals surface area contributed by atoms with E-state index in [1.165, 1.54) is 10.4 Å². The van der Waals surface area contributed by atoms with Gasteiger partial charge >= 0.3 is 6.09 Å². The Hall–Kier alpha value is -3.99. The number of thiophene rings is 1. The van der Waals surface area contributed by atoms with Crippen molar-refractivity contribution in [1.82, 2.24) is 35.7 Å². The van der Waals surface area contributed by atoms with E-state index in [1.54, 1.807) is 30.1 Å². The molecule has 1 aliphatic carbocycles. The first-order valence-corrected chi connectivity index (χ1v) is 11.4.